The summed E-state index contributed by atoms with van der Waals surface area (Å²) in [4.78, 5) is 20.8. The summed E-state index contributed by atoms with van der Waals surface area (Å²) >= 11 is 0. The predicted molar refractivity (Wildman–Crippen MR) is 67.9 cm³/mol. The Balaban J connectivity index is 2.69. The lowest BCUT2D eigenvalue weighted by molar-refractivity contribution is -0.138. The van der Waals surface area contributed by atoms with E-state index in [1.807, 2.05) is 6.07 Å². The molecule has 6 heteroatoms. The number of ether oxygens (including phenoxy) is 1. The van der Waals surface area contributed by atoms with Crippen molar-refractivity contribution in [3.8, 4) is 5.75 Å². The first-order valence-corrected chi connectivity index (χ1v) is 6.77. The van der Waals surface area contributed by atoms with Gasteiger partial charge in [0.1, 0.15) is 11.4 Å². The van der Waals surface area contributed by atoms with Gasteiger partial charge in [-0.05, 0) is 32.9 Å². The molecule has 2 unspecified atom stereocenters. The van der Waals surface area contributed by atoms with Crippen LogP contribution < -0.4 is 4.74 Å². The SMILES string of the molecule is CC(Oc1ccccc1)C(=O)C(C)(C)O[PH](=O)O. The molecule has 0 aliphatic rings. The summed E-state index contributed by atoms with van der Waals surface area (Å²) in [5, 5.41) is 0. The van der Waals surface area contributed by atoms with E-state index in [1.165, 1.54) is 13.8 Å². The third kappa shape index (κ3) is 4.26. The number of carbonyl (C=O) groups is 1. The number of hydrogen-bond donors (Lipinski definition) is 1. The van der Waals surface area contributed by atoms with Gasteiger partial charge in [-0.1, -0.05) is 18.2 Å². The van der Waals surface area contributed by atoms with Crippen LogP contribution in [0.2, 0.25) is 0 Å². The maximum Gasteiger partial charge on any atom is 0.317 e. The van der Waals surface area contributed by atoms with Crippen LogP contribution in [-0.2, 0) is 13.9 Å². The molecule has 0 spiro atoms. The van der Waals surface area contributed by atoms with E-state index in [9.17, 15) is 9.36 Å². The van der Waals surface area contributed by atoms with E-state index in [4.69, 9.17) is 14.2 Å². The molecule has 0 amide bonds. The van der Waals surface area contributed by atoms with E-state index in [0.717, 1.165) is 0 Å². The van der Waals surface area contributed by atoms with Crippen LogP contribution in [-0.4, -0.2) is 22.4 Å². The van der Waals surface area contributed by atoms with Crippen LogP contribution in [0.25, 0.3) is 0 Å². The Hall–Kier alpha value is -1.16. The molecule has 1 N–H and O–H groups in total. The van der Waals surface area contributed by atoms with Crippen molar-refractivity contribution in [1.82, 2.24) is 0 Å². The molecular formula is C12H17O5P. The first-order valence-electron chi connectivity index (χ1n) is 5.51. The average Bonchev–Trinajstić information content (AvgIpc) is 2.27. The summed E-state index contributed by atoms with van der Waals surface area (Å²) in [7, 11) is -3.17. The molecule has 2 atom stereocenters. The van der Waals surface area contributed by atoms with Crippen molar-refractivity contribution in [2.24, 2.45) is 0 Å². The summed E-state index contributed by atoms with van der Waals surface area (Å²) in [5.74, 6) is 0.171. The number of Topliss-reactive ketones (excluding diaryl/α,β-unsaturated/α-hetero) is 1. The maximum atomic E-state index is 12.0. The minimum Gasteiger partial charge on any atom is -0.483 e. The third-order valence-corrected chi connectivity index (χ3v) is 3.05. The molecule has 0 radical (unpaired) electrons. The van der Waals surface area contributed by atoms with Gasteiger partial charge in [0.2, 0.25) is 5.78 Å². The van der Waals surface area contributed by atoms with Gasteiger partial charge in [-0.3, -0.25) is 13.9 Å². The largest absolute Gasteiger partial charge is 0.483 e. The van der Waals surface area contributed by atoms with Gasteiger partial charge in [0.05, 0.1) is 0 Å². The van der Waals surface area contributed by atoms with E-state index >= 15 is 0 Å². The molecule has 5 nitrogen and oxygen atoms in total. The van der Waals surface area contributed by atoms with Crippen molar-refractivity contribution in [2.45, 2.75) is 32.5 Å². The lowest BCUT2D eigenvalue weighted by Crippen LogP contribution is -2.42. The maximum absolute atomic E-state index is 12.0. The summed E-state index contributed by atoms with van der Waals surface area (Å²) in [5.41, 5.74) is -1.35. The molecule has 1 aromatic rings. The zero-order valence-corrected chi connectivity index (χ0v) is 11.5. The highest BCUT2D eigenvalue weighted by molar-refractivity contribution is 7.32. The molecule has 0 saturated heterocycles. The topological polar surface area (TPSA) is 72.8 Å². The smallest absolute Gasteiger partial charge is 0.317 e. The molecule has 0 fully saturated rings. The van der Waals surface area contributed by atoms with Crippen LogP contribution >= 0.6 is 8.25 Å². The van der Waals surface area contributed by atoms with Crippen molar-refractivity contribution in [3.05, 3.63) is 30.3 Å². The molecule has 0 aromatic heterocycles. The van der Waals surface area contributed by atoms with Crippen LogP contribution in [0.5, 0.6) is 5.75 Å². The molecule has 18 heavy (non-hydrogen) atoms. The monoisotopic (exact) mass is 272 g/mol. The van der Waals surface area contributed by atoms with Crippen molar-refractivity contribution in [2.75, 3.05) is 0 Å². The number of ketones is 1. The first-order chi connectivity index (χ1) is 8.33. The van der Waals surface area contributed by atoms with E-state index in [1.54, 1.807) is 31.2 Å². The minimum atomic E-state index is -3.17. The molecule has 1 rings (SSSR count). The number of carbonyl (C=O) groups excluding carboxylic acids is 1. The fraction of sp³-hybridized carbons (Fsp3) is 0.417. The van der Waals surface area contributed by atoms with Crippen LogP contribution in [0.15, 0.2) is 30.3 Å². The zero-order valence-electron chi connectivity index (χ0n) is 10.5. The molecule has 0 heterocycles. The van der Waals surface area contributed by atoms with Crippen molar-refractivity contribution in [1.29, 1.82) is 0 Å². The number of rotatable bonds is 6. The third-order valence-electron chi connectivity index (χ3n) is 2.36. The van der Waals surface area contributed by atoms with Crippen molar-refractivity contribution >= 4 is 14.0 Å². The molecule has 0 aliphatic carbocycles. The van der Waals surface area contributed by atoms with Crippen molar-refractivity contribution in [3.63, 3.8) is 0 Å². The first kappa shape index (κ1) is 14.9. The van der Waals surface area contributed by atoms with Gasteiger partial charge in [0, 0.05) is 0 Å². The normalized spacial score (nSPS) is 14.9. The summed E-state index contributed by atoms with van der Waals surface area (Å²) in [6.45, 7) is 4.47. The number of benzene rings is 1. The molecule has 1 aromatic carbocycles. The van der Waals surface area contributed by atoms with Crippen LogP contribution in [0.3, 0.4) is 0 Å². The Morgan fingerprint density at radius 1 is 1.33 bits per heavy atom. The van der Waals surface area contributed by atoms with Gasteiger partial charge in [-0.2, -0.15) is 0 Å². The van der Waals surface area contributed by atoms with Crippen LogP contribution in [0.4, 0.5) is 0 Å². The van der Waals surface area contributed by atoms with E-state index in [2.05, 4.69) is 0 Å². The Bertz CT molecular complexity index is 429. The second-order valence-corrected chi connectivity index (χ2v) is 5.05. The molecule has 100 valence electrons. The van der Waals surface area contributed by atoms with Gasteiger partial charge < -0.3 is 9.63 Å². The fourth-order valence-electron chi connectivity index (χ4n) is 1.51. The number of hydrogen-bond acceptors (Lipinski definition) is 4. The van der Waals surface area contributed by atoms with E-state index < -0.39 is 25.7 Å². The second-order valence-electron chi connectivity index (χ2n) is 4.32. The highest BCUT2D eigenvalue weighted by Gasteiger charge is 2.35. The van der Waals surface area contributed by atoms with Crippen LogP contribution in [0, 0.1) is 0 Å². The zero-order chi connectivity index (χ0) is 13.8. The quantitative estimate of drug-likeness (QED) is 0.804. The van der Waals surface area contributed by atoms with Gasteiger partial charge in [0.25, 0.3) is 0 Å². The molecular weight excluding hydrogens is 255 g/mol. The average molecular weight is 272 g/mol. The van der Waals surface area contributed by atoms with Crippen molar-refractivity contribution < 1.29 is 23.5 Å². The summed E-state index contributed by atoms with van der Waals surface area (Å²) < 4.78 is 20.8. The Morgan fingerprint density at radius 2 is 1.89 bits per heavy atom. The van der Waals surface area contributed by atoms with E-state index in [0.29, 0.717) is 5.75 Å². The standard InChI is InChI=1S/C12H17O5P/c1-9(16-10-7-5-4-6-8-10)11(13)12(2,3)17-18(14)15/h4-9,18H,1-3H3,(H,14,15). The Kier molecular flexibility index (Phi) is 5.08. The summed E-state index contributed by atoms with van der Waals surface area (Å²) in [6, 6.07) is 8.88. The molecule has 0 saturated carbocycles. The van der Waals surface area contributed by atoms with Gasteiger partial charge in [-0.15, -0.1) is 0 Å². The summed E-state index contributed by atoms with van der Waals surface area (Å²) in [6.07, 6.45) is -0.760. The highest BCUT2D eigenvalue weighted by atomic mass is 31.1. The Morgan fingerprint density at radius 3 is 2.39 bits per heavy atom. The van der Waals surface area contributed by atoms with Gasteiger partial charge in [-0.25, -0.2) is 0 Å². The Labute approximate surface area is 107 Å². The second kappa shape index (κ2) is 6.14. The minimum absolute atomic E-state index is 0.390. The predicted octanol–water partition coefficient (Wildman–Crippen LogP) is 2.20. The van der Waals surface area contributed by atoms with Gasteiger partial charge in [0.15, 0.2) is 6.10 Å². The fourth-order valence-corrected chi connectivity index (χ4v) is 2.05. The highest BCUT2D eigenvalue weighted by Crippen LogP contribution is 2.28. The molecule has 0 aliphatic heterocycles. The lowest BCUT2D eigenvalue weighted by atomic mass is 10.00. The number of para-hydroxylation sites is 1. The van der Waals surface area contributed by atoms with E-state index in [-0.39, 0.29) is 0 Å². The lowest BCUT2D eigenvalue weighted by Gasteiger charge is -2.25. The van der Waals surface area contributed by atoms with Crippen LogP contribution in [0.1, 0.15) is 20.8 Å². The van der Waals surface area contributed by atoms with Gasteiger partial charge >= 0.3 is 8.25 Å². The molecule has 0 bridgehead atoms.